The molecule has 2 aromatic rings. The van der Waals surface area contributed by atoms with E-state index in [1.165, 1.54) is 0 Å². The normalized spacial score (nSPS) is 11.8. The van der Waals surface area contributed by atoms with Gasteiger partial charge in [-0.2, -0.15) is 10.2 Å². The van der Waals surface area contributed by atoms with Crippen LogP contribution in [0.4, 0.5) is 0 Å². The molecular formula is C15H14ClN3O. The summed E-state index contributed by atoms with van der Waals surface area (Å²) in [4.78, 5) is 8.19. The minimum atomic E-state index is -0.188. The van der Waals surface area contributed by atoms with Crippen LogP contribution >= 0.6 is 11.6 Å². The molecule has 5 heteroatoms. The van der Waals surface area contributed by atoms with Crippen molar-refractivity contribution in [3.05, 3.63) is 51.9 Å². The molecule has 102 valence electrons. The van der Waals surface area contributed by atoms with E-state index in [-0.39, 0.29) is 11.4 Å². The number of halogens is 1. The van der Waals surface area contributed by atoms with Crippen LogP contribution in [0.5, 0.6) is 5.88 Å². The van der Waals surface area contributed by atoms with Crippen LogP contribution < -0.4 is 4.74 Å². The van der Waals surface area contributed by atoms with Crippen molar-refractivity contribution in [2.24, 2.45) is 0 Å². The van der Waals surface area contributed by atoms with Crippen molar-refractivity contribution in [2.45, 2.75) is 26.9 Å². The molecule has 0 radical (unpaired) electrons. The van der Waals surface area contributed by atoms with Gasteiger partial charge in [0.2, 0.25) is 11.2 Å². The highest BCUT2D eigenvalue weighted by molar-refractivity contribution is 6.28. The van der Waals surface area contributed by atoms with Gasteiger partial charge in [0.15, 0.2) is 0 Å². The van der Waals surface area contributed by atoms with Crippen molar-refractivity contribution >= 4 is 11.6 Å². The lowest BCUT2D eigenvalue weighted by Crippen LogP contribution is -2.07. The average Bonchev–Trinajstić information content (AvgIpc) is 2.44. The third kappa shape index (κ3) is 3.06. The first kappa shape index (κ1) is 14.3. The van der Waals surface area contributed by atoms with Crippen LogP contribution in [-0.4, -0.2) is 9.97 Å². The first-order valence-electron chi connectivity index (χ1n) is 6.18. The van der Waals surface area contributed by atoms with Gasteiger partial charge in [0.25, 0.3) is 0 Å². The average molecular weight is 288 g/mol. The van der Waals surface area contributed by atoms with Crippen LogP contribution in [0.15, 0.2) is 24.3 Å². The summed E-state index contributed by atoms with van der Waals surface area (Å²) in [5, 5.41) is 8.96. The van der Waals surface area contributed by atoms with Gasteiger partial charge < -0.3 is 4.74 Å². The van der Waals surface area contributed by atoms with Gasteiger partial charge in [-0.1, -0.05) is 12.1 Å². The summed E-state index contributed by atoms with van der Waals surface area (Å²) in [5.41, 5.74) is 3.26. The van der Waals surface area contributed by atoms with E-state index in [1.807, 2.05) is 32.9 Å². The Morgan fingerprint density at radius 1 is 1.20 bits per heavy atom. The smallest absolute Gasteiger partial charge is 0.225 e. The third-order valence-corrected chi connectivity index (χ3v) is 3.28. The molecule has 20 heavy (non-hydrogen) atoms. The summed E-state index contributed by atoms with van der Waals surface area (Å²) >= 11 is 5.85. The van der Waals surface area contributed by atoms with Crippen molar-refractivity contribution in [1.29, 1.82) is 5.26 Å². The summed E-state index contributed by atoms with van der Waals surface area (Å²) < 4.78 is 5.85. The molecule has 0 aliphatic rings. The minimum Gasteiger partial charge on any atom is -0.469 e. The summed E-state index contributed by atoms with van der Waals surface area (Å²) in [6, 6.07) is 9.35. The Balaban J connectivity index is 2.23. The fraction of sp³-hybridized carbons (Fsp3) is 0.267. The van der Waals surface area contributed by atoms with Crippen molar-refractivity contribution < 1.29 is 4.74 Å². The molecule has 0 aliphatic carbocycles. The van der Waals surface area contributed by atoms with Crippen LogP contribution in [0.1, 0.15) is 35.4 Å². The van der Waals surface area contributed by atoms with E-state index in [4.69, 9.17) is 21.6 Å². The summed E-state index contributed by atoms with van der Waals surface area (Å²) in [7, 11) is 0. The van der Waals surface area contributed by atoms with E-state index in [9.17, 15) is 0 Å². The predicted octanol–water partition coefficient (Wildman–Crippen LogP) is 3.76. The Bertz CT molecular complexity index is 662. The molecule has 0 spiro atoms. The Morgan fingerprint density at radius 2 is 1.85 bits per heavy atom. The van der Waals surface area contributed by atoms with Crippen LogP contribution in [0, 0.1) is 25.2 Å². The molecule has 0 bridgehead atoms. The van der Waals surface area contributed by atoms with Gasteiger partial charge in [-0.05, 0) is 50.1 Å². The number of ether oxygens (including phenoxy) is 1. The van der Waals surface area contributed by atoms with E-state index in [0.717, 1.165) is 16.8 Å². The SMILES string of the molecule is Cc1nc(Cl)nc(O[C@@H](C)c2ccc(C#N)cc2)c1C. The third-order valence-electron chi connectivity index (χ3n) is 3.11. The van der Waals surface area contributed by atoms with Crippen molar-refractivity contribution in [2.75, 3.05) is 0 Å². The second-order valence-electron chi connectivity index (χ2n) is 4.50. The van der Waals surface area contributed by atoms with Crippen molar-refractivity contribution in [3.63, 3.8) is 0 Å². The van der Waals surface area contributed by atoms with Gasteiger partial charge in [-0.25, -0.2) is 4.98 Å². The molecule has 1 aromatic carbocycles. The summed E-state index contributed by atoms with van der Waals surface area (Å²) in [6.45, 7) is 5.68. The summed E-state index contributed by atoms with van der Waals surface area (Å²) in [6.07, 6.45) is -0.188. The van der Waals surface area contributed by atoms with Crippen LogP contribution in [-0.2, 0) is 0 Å². The Morgan fingerprint density at radius 3 is 2.45 bits per heavy atom. The maximum atomic E-state index is 8.79. The molecule has 0 aliphatic heterocycles. The molecule has 1 atom stereocenters. The van der Waals surface area contributed by atoms with E-state index >= 15 is 0 Å². The molecule has 0 amide bonds. The molecular weight excluding hydrogens is 274 g/mol. The Hall–Kier alpha value is -2.12. The fourth-order valence-electron chi connectivity index (χ4n) is 1.75. The van der Waals surface area contributed by atoms with Gasteiger partial charge in [0.1, 0.15) is 6.10 Å². The second-order valence-corrected chi connectivity index (χ2v) is 4.84. The van der Waals surface area contributed by atoms with E-state index in [2.05, 4.69) is 16.0 Å². The lowest BCUT2D eigenvalue weighted by atomic mass is 10.1. The maximum absolute atomic E-state index is 8.79. The zero-order valence-electron chi connectivity index (χ0n) is 11.5. The summed E-state index contributed by atoms with van der Waals surface area (Å²) in [5.74, 6) is 0.486. The van der Waals surface area contributed by atoms with Gasteiger partial charge in [0, 0.05) is 11.3 Å². The van der Waals surface area contributed by atoms with Crippen molar-refractivity contribution in [3.8, 4) is 11.9 Å². The van der Waals surface area contributed by atoms with Crippen LogP contribution in [0.25, 0.3) is 0 Å². The molecule has 0 N–H and O–H groups in total. The first-order chi connectivity index (χ1) is 9.51. The number of rotatable bonds is 3. The van der Waals surface area contributed by atoms with Gasteiger partial charge in [-0.3, -0.25) is 0 Å². The van der Waals surface area contributed by atoms with Crippen LogP contribution in [0.2, 0.25) is 5.28 Å². The van der Waals surface area contributed by atoms with Crippen molar-refractivity contribution in [1.82, 2.24) is 9.97 Å². The number of aryl methyl sites for hydroxylation is 1. The lowest BCUT2D eigenvalue weighted by Gasteiger charge is -2.16. The predicted molar refractivity (Wildman–Crippen MR) is 76.7 cm³/mol. The molecule has 2 rings (SSSR count). The number of nitrogens with zero attached hydrogens (tertiary/aromatic N) is 3. The molecule has 4 nitrogen and oxygen atoms in total. The standard InChI is InChI=1S/C15H14ClN3O/c1-9-10(2)18-15(16)19-14(9)20-11(3)13-6-4-12(8-17)5-7-13/h4-7,11H,1-3H3/t11-/m0/s1. The zero-order valence-corrected chi connectivity index (χ0v) is 12.3. The second kappa shape index (κ2) is 5.89. The Kier molecular flexibility index (Phi) is 4.21. The van der Waals surface area contributed by atoms with Gasteiger partial charge in [0.05, 0.1) is 11.6 Å². The van der Waals surface area contributed by atoms with Gasteiger partial charge >= 0.3 is 0 Å². The van der Waals surface area contributed by atoms with E-state index in [0.29, 0.717) is 11.4 Å². The zero-order chi connectivity index (χ0) is 14.7. The first-order valence-corrected chi connectivity index (χ1v) is 6.56. The van der Waals surface area contributed by atoms with E-state index in [1.54, 1.807) is 12.1 Å². The lowest BCUT2D eigenvalue weighted by molar-refractivity contribution is 0.215. The largest absolute Gasteiger partial charge is 0.469 e. The highest BCUT2D eigenvalue weighted by Crippen LogP contribution is 2.25. The molecule has 0 unspecified atom stereocenters. The molecule has 0 saturated carbocycles. The number of hydrogen-bond donors (Lipinski definition) is 0. The number of aromatic nitrogens is 2. The molecule has 1 aromatic heterocycles. The monoisotopic (exact) mass is 287 g/mol. The molecule has 0 fully saturated rings. The van der Waals surface area contributed by atoms with Gasteiger partial charge in [-0.15, -0.1) is 0 Å². The highest BCUT2D eigenvalue weighted by atomic mass is 35.5. The molecule has 1 heterocycles. The molecule has 0 saturated heterocycles. The van der Waals surface area contributed by atoms with E-state index < -0.39 is 0 Å². The minimum absolute atomic E-state index is 0.176. The number of nitriles is 1. The quantitative estimate of drug-likeness (QED) is 0.807. The fourth-order valence-corrected chi connectivity index (χ4v) is 1.95. The maximum Gasteiger partial charge on any atom is 0.225 e. The van der Waals surface area contributed by atoms with Crippen LogP contribution in [0.3, 0.4) is 0 Å². The number of benzene rings is 1. The topological polar surface area (TPSA) is 58.8 Å². The highest BCUT2D eigenvalue weighted by Gasteiger charge is 2.13. The Labute approximate surface area is 123 Å². The number of hydrogen-bond acceptors (Lipinski definition) is 4.